The molecule has 2 aromatic carbocycles. The number of benzene rings is 2. The quantitative estimate of drug-likeness (QED) is 0.518. The van der Waals surface area contributed by atoms with Crippen molar-refractivity contribution in [2.75, 3.05) is 12.3 Å². The lowest BCUT2D eigenvalue weighted by Gasteiger charge is -2.19. The second-order valence-electron chi connectivity index (χ2n) is 6.91. The maximum absolute atomic E-state index is 12.3. The summed E-state index contributed by atoms with van der Waals surface area (Å²) in [6, 6.07) is 14.6. The highest BCUT2D eigenvalue weighted by Crippen LogP contribution is 2.28. The van der Waals surface area contributed by atoms with Crippen molar-refractivity contribution >= 4 is 17.7 Å². The third-order valence-electron chi connectivity index (χ3n) is 4.16. The predicted molar refractivity (Wildman–Crippen MR) is 110 cm³/mol. The molecule has 0 aliphatic carbocycles. The first-order valence-electron chi connectivity index (χ1n) is 9.11. The van der Waals surface area contributed by atoms with E-state index in [2.05, 4.69) is 62.5 Å². The van der Waals surface area contributed by atoms with E-state index in [9.17, 15) is 4.79 Å². The van der Waals surface area contributed by atoms with E-state index < -0.39 is 6.10 Å². The molecule has 0 spiro atoms. The van der Waals surface area contributed by atoms with Gasteiger partial charge in [-0.15, -0.1) is 11.8 Å². The van der Waals surface area contributed by atoms with Crippen LogP contribution in [0.2, 0.25) is 0 Å². The van der Waals surface area contributed by atoms with Gasteiger partial charge in [0.25, 0.3) is 5.91 Å². The zero-order valence-corrected chi connectivity index (χ0v) is 17.2. The molecule has 0 saturated carbocycles. The minimum Gasteiger partial charge on any atom is -0.481 e. The zero-order chi connectivity index (χ0) is 19.1. The normalized spacial score (nSPS) is 12.1. The van der Waals surface area contributed by atoms with E-state index in [1.54, 1.807) is 18.7 Å². The predicted octanol–water partition coefficient (Wildman–Crippen LogP) is 5.10. The Balaban J connectivity index is 1.82. The van der Waals surface area contributed by atoms with Crippen molar-refractivity contribution in [3.05, 3.63) is 59.2 Å². The van der Waals surface area contributed by atoms with Gasteiger partial charge in [-0.3, -0.25) is 4.79 Å². The molecule has 0 aliphatic rings. The molecule has 2 aromatic rings. The van der Waals surface area contributed by atoms with Gasteiger partial charge in [0, 0.05) is 17.2 Å². The first-order valence-corrected chi connectivity index (χ1v) is 10.1. The molecule has 0 aliphatic heterocycles. The maximum atomic E-state index is 12.3. The number of thioether (sulfide) groups is 1. The Hall–Kier alpha value is -1.94. The molecule has 0 aromatic heterocycles. The maximum Gasteiger partial charge on any atom is 0.260 e. The molecule has 140 valence electrons. The molecule has 0 heterocycles. The highest BCUT2D eigenvalue weighted by atomic mass is 32.2. The molecular formula is C22H29NO2S. The molecule has 1 unspecified atom stereocenters. The number of carbonyl (C=O) groups is 1. The Morgan fingerprint density at radius 1 is 1.04 bits per heavy atom. The van der Waals surface area contributed by atoms with Gasteiger partial charge in [-0.1, -0.05) is 43.7 Å². The second kappa shape index (κ2) is 9.67. The molecule has 1 N–H and O–H groups in total. The molecule has 1 amide bonds. The van der Waals surface area contributed by atoms with Crippen molar-refractivity contribution in [2.45, 2.75) is 51.5 Å². The van der Waals surface area contributed by atoms with Crippen LogP contribution in [0.25, 0.3) is 0 Å². The van der Waals surface area contributed by atoms with Gasteiger partial charge in [0.2, 0.25) is 0 Å². The summed E-state index contributed by atoms with van der Waals surface area (Å²) in [5.41, 5.74) is 3.52. The van der Waals surface area contributed by atoms with Crippen molar-refractivity contribution in [3.63, 3.8) is 0 Å². The van der Waals surface area contributed by atoms with E-state index in [0.717, 1.165) is 22.6 Å². The average Bonchev–Trinajstić information content (AvgIpc) is 2.59. The first kappa shape index (κ1) is 20.4. The smallest absolute Gasteiger partial charge is 0.260 e. The zero-order valence-electron chi connectivity index (χ0n) is 16.3. The molecule has 26 heavy (non-hydrogen) atoms. The Morgan fingerprint density at radius 2 is 1.69 bits per heavy atom. The van der Waals surface area contributed by atoms with Crippen LogP contribution in [-0.2, 0) is 4.79 Å². The van der Waals surface area contributed by atoms with Crippen molar-refractivity contribution in [1.29, 1.82) is 0 Å². The summed E-state index contributed by atoms with van der Waals surface area (Å²) < 4.78 is 5.96. The minimum absolute atomic E-state index is 0.0780. The highest BCUT2D eigenvalue weighted by molar-refractivity contribution is 7.99. The lowest BCUT2D eigenvalue weighted by Crippen LogP contribution is -2.37. The van der Waals surface area contributed by atoms with E-state index in [0.29, 0.717) is 12.5 Å². The van der Waals surface area contributed by atoms with Crippen molar-refractivity contribution in [2.24, 2.45) is 0 Å². The lowest BCUT2D eigenvalue weighted by molar-refractivity contribution is -0.127. The molecule has 2 rings (SSSR count). The van der Waals surface area contributed by atoms with Crippen LogP contribution in [0.1, 0.15) is 43.4 Å². The van der Waals surface area contributed by atoms with Crippen LogP contribution in [-0.4, -0.2) is 24.3 Å². The summed E-state index contributed by atoms with van der Waals surface area (Å²) in [6.07, 6.45) is -0.515. The fourth-order valence-corrected chi connectivity index (χ4v) is 3.35. The molecule has 1 atom stereocenters. The van der Waals surface area contributed by atoms with Gasteiger partial charge in [0.1, 0.15) is 5.75 Å². The van der Waals surface area contributed by atoms with Gasteiger partial charge in [0.05, 0.1) is 0 Å². The van der Waals surface area contributed by atoms with Crippen LogP contribution in [0.3, 0.4) is 0 Å². The van der Waals surface area contributed by atoms with E-state index in [-0.39, 0.29) is 5.91 Å². The van der Waals surface area contributed by atoms with Crippen molar-refractivity contribution in [1.82, 2.24) is 5.32 Å². The molecule has 0 saturated heterocycles. The van der Waals surface area contributed by atoms with E-state index in [1.807, 2.05) is 13.0 Å². The van der Waals surface area contributed by atoms with E-state index in [1.165, 1.54) is 10.5 Å². The average molecular weight is 372 g/mol. The minimum atomic E-state index is -0.515. The van der Waals surface area contributed by atoms with Crippen molar-refractivity contribution in [3.8, 4) is 5.75 Å². The third kappa shape index (κ3) is 6.10. The number of aryl methyl sites for hydroxylation is 2. The van der Waals surface area contributed by atoms with Crippen LogP contribution in [0.15, 0.2) is 47.4 Å². The van der Waals surface area contributed by atoms with Crippen LogP contribution in [0.4, 0.5) is 0 Å². The molecule has 0 radical (unpaired) electrons. The van der Waals surface area contributed by atoms with E-state index >= 15 is 0 Å². The Morgan fingerprint density at radius 3 is 2.35 bits per heavy atom. The highest BCUT2D eigenvalue weighted by Gasteiger charge is 2.17. The van der Waals surface area contributed by atoms with Crippen LogP contribution < -0.4 is 10.1 Å². The largest absolute Gasteiger partial charge is 0.481 e. The summed E-state index contributed by atoms with van der Waals surface area (Å²) in [5.74, 6) is 1.91. The monoisotopic (exact) mass is 371 g/mol. The SMILES string of the molecule is Cc1ccc(SCCNC(=O)C(C)Oc2cc(C)ccc2C(C)C)cc1. The number of hydrogen-bond acceptors (Lipinski definition) is 3. The fraction of sp³-hybridized carbons (Fsp3) is 0.409. The third-order valence-corrected chi connectivity index (χ3v) is 5.17. The van der Waals surface area contributed by atoms with Crippen LogP contribution in [0.5, 0.6) is 5.75 Å². The Labute approximate surface area is 161 Å². The first-order chi connectivity index (χ1) is 12.4. The van der Waals surface area contributed by atoms with Gasteiger partial charge in [0.15, 0.2) is 6.10 Å². The lowest BCUT2D eigenvalue weighted by atomic mass is 10.0. The standard InChI is InChI=1S/C22H29NO2S/c1-15(2)20-11-8-17(4)14-21(20)25-18(5)22(24)23-12-13-26-19-9-6-16(3)7-10-19/h6-11,14-15,18H,12-13H2,1-5H3,(H,23,24). The number of hydrogen-bond donors (Lipinski definition) is 1. The summed E-state index contributed by atoms with van der Waals surface area (Å²) in [5, 5.41) is 2.96. The van der Waals surface area contributed by atoms with Gasteiger partial charge >= 0.3 is 0 Å². The van der Waals surface area contributed by atoms with E-state index in [4.69, 9.17) is 4.74 Å². The number of amides is 1. The van der Waals surface area contributed by atoms with Gasteiger partial charge in [-0.05, 0) is 56.0 Å². The number of nitrogens with one attached hydrogen (secondary N) is 1. The Bertz CT molecular complexity index is 725. The molecule has 0 fully saturated rings. The molecule has 4 heteroatoms. The summed E-state index contributed by atoms with van der Waals surface area (Å²) >= 11 is 1.74. The topological polar surface area (TPSA) is 38.3 Å². The molecular weight excluding hydrogens is 342 g/mol. The van der Waals surface area contributed by atoms with Gasteiger partial charge in [-0.25, -0.2) is 0 Å². The Kier molecular flexibility index (Phi) is 7.58. The number of rotatable bonds is 8. The molecule has 3 nitrogen and oxygen atoms in total. The van der Waals surface area contributed by atoms with Gasteiger partial charge < -0.3 is 10.1 Å². The second-order valence-corrected chi connectivity index (χ2v) is 8.08. The summed E-state index contributed by atoms with van der Waals surface area (Å²) in [6.45, 7) is 10.8. The van der Waals surface area contributed by atoms with Crippen molar-refractivity contribution < 1.29 is 9.53 Å². The summed E-state index contributed by atoms with van der Waals surface area (Å²) in [7, 11) is 0. The summed E-state index contributed by atoms with van der Waals surface area (Å²) in [4.78, 5) is 13.5. The van der Waals surface area contributed by atoms with Crippen LogP contribution >= 0.6 is 11.8 Å². The number of ether oxygens (including phenoxy) is 1. The number of carbonyl (C=O) groups excluding carboxylic acids is 1. The van der Waals surface area contributed by atoms with Gasteiger partial charge in [-0.2, -0.15) is 0 Å². The molecule has 0 bridgehead atoms. The van der Waals surface area contributed by atoms with Crippen LogP contribution in [0, 0.1) is 13.8 Å². The fourth-order valence-electron chi connectivity index (χ4n) is 2.59.